The van der Waals surface area contributed by atoms with E-state index in [4.69, 9.17) is 15.0 Å². The fraction of sp³-hybridized carbons (Fsp3) is 0.444. The van der Waals surface area contributed by atoms with Gasteiger partial charge in [-0.2, -0.15) is 4.98 Å². The molecule has 0 amide bonds. The molecule has 130 valence electrons. The zero-order valence-corrected chi connectivity index (χ0v) is 14.9. The lowest BCUT2D eigenvalue weighted by Crippen LogP contribution is -2.34. The molecule has 1 aliphatic carbocycles. The first kappa shape index (κ1) is 18.5. The van der Waals surface area contributed by atoms with Gasteiger partial charge in [0.15, 0.2) is 5.82 Å². The minimum absolute atomic E-state index is 0. The van der Waals surface area contributed by atoms with Crippen LogP contribution in [-0.4, -0.2) is 16.2 Å². The SMILES string of the molecule is CC(C)Oc1cccc(/C=C/c2nc(C3(N)CCCC3)no2)c1.Cl. The summed E-state index contributed by atoms with van der Waals surface area (Å²) in [6.45, 7) is 4.02. The van der Waals surface area contributed by atoms with Crippen LogP contribution in [0.2, 0.25) is 0 Å². The molecule has 0 saturated heterocycles. The van der Waals surface area contributed by atoms with Crippen molar-refractivity contribution in [1.82, 2.24) is 10.1 Å². The van der Waals surface area contributed by atoms with E-state index in [-0.39, 0.29) is 18.5 Å². The van der Waals surface area contributed by atoms with E-state index in [0.29, 0.717) is 11.7 Å². The second kappa shape index (κ2) is 7.81. The van der Waals surface area contributed by atoms with Crippen molar-refractivity contribution in [2.24, 2.45) is 5.73 Å². The molecule has 6 heteroatoms. The van der Waals surface area contributed by atoms with E-state index in [1.807, 2.05) is 50.3 Å². The molecule has 0 unspecified atom stereocenters. The number of hydrogen-bond acceptors (Lipinski definition) is 5. The van der Waals surface area contributed by atoms with Crippen LogP contribution in [0.4, 0.5) is 0 Å². The van der Waals surface area contributed by atoms with Gasteiger partial charge < -0.3 is 15.0 Å². The van der Waals surface area contributed by atoms with Gasteiger partial charge in [0, 0.05) is 6.08 Å². The molecular weight excluding hydrogens is 326 g/mol. The van der Waals surface area contributed by atoms with Crippen LogP contribution in [0.3, 0.4) is 0 Å². The lowest BCUT2D eigenvalue weighted by molar-refractivity contribution is 0.242. The molecule has 0 radical (unpaired) electrons. The number of aromatic nitrogens is 2. The Morgan fingerprint density at radius 3 is 2.71 bits per heavy atom. The lowest BCUT2D eigenvalue weighted by atomic mass is 9.99. The maximum atomic E-state index is 6.34. The van der Waals surface area contributed by atoms with Gasteiger partial charge in [0.2, 0.25) is 0 Å². The van der Waals surface area contributed by atoms with Crippen molar-refractivity contribution >= 4 is 24.6 Å². The highest BCUT2D eigenvalue weighted by Gasteiger charge is 2.35. The summed E-state index contributed by atoms with van der Waals surface area (Å²) >= 11 is 0. The number of nitrogens with zero attached hydrogens (tertiary/aromatic N) is 2. The summed E-state index contributed by atoms with van der Waals surface area (Å²) in [4.78, 5) is 4.43. The second-order valence-electron chi connectivity index (χ2n) is 6.39. The summed E-state index contributed by atoms with van der Waals surface area (Å²) in [5.41, 5.74) is 6.95. The van der Waals surface area contributed by atoms with Crippen LogP contribution in [0.15, 0.2) is 28.8 Å². The first-order chi connectivity index (χ1) is 11.0. The van der Waals surface area contributed by atoms with Crippen LogP contribution in [-0.2, 0) is 5.54 Å². The van der Waals surface area contributed by atoms with Crippen molar-refractivity contribution in [3.8, 4) is 5.75 Å². The maximum absolute atomic E-state index is 6.34. The van der Waals surface area contributed by atoms with Gasteiger partial charge in [0.1, 0.15) is 5.75 Å². The zero-order chi connectivity index (χ0) is 16.3. The van der Waals surface area contributed by atoms with Gasteiger partial charge in [-0.15, -0.1) is 12.4 Å². The summed E-state index contributed by atoms with van der Waals surface area (Å²) in [5.74, 6) is 1.94. The average Bonchev–Trinajstić information content (AvgIpc) is 3.15. The standard InChI is InChI=1S/C18H23N3O2.ClH/c1-13(2)22-15-7-5-6-14(12-15)8-9-16-20-17(21-23-16)18(19)10-3-4-11-18;/h5-9,12-13H,3-4,10-11,19H2,1-2H3;1H/b9-8+;. The fourth-order valence-corrected chi connectivity index (χ4v) is 2.87. The van der Waals surface area contributed by atoms with Crippen LogP contribution in [0.1, 0.15) is 56.8 Å². The van der Waals surface area contributed by atoms with E-state index in [1.165, 1.54) is 0 Å². The van der Waals surface area contributed by atoms with Crippen LogP contribution in [0.25, 0.3) is 12.2 Å². The third-order valence-electron chi connectivity index (χ3n) is 4.03. The Hall–Kier alpha value is -1.85. The van der Waals surface area contributed by atoms with E-state index in [1.54, 1.807) is 0 Å². The highest BCUT2D eigenvalue weighted by Crippen LogP contribution is 2.34. The predicted octanol–water partition coefficient (Wildman–Crippen LogP) is 4.18. The van der Waals surface area contributed by atoms with Gasteiger partial charge in [0.25, 0.3) is 5.89 Å². The Morgan fingerprint density at radius 1 is 1.25 bits per heavy atom. The normalized spacial score (nSPS) is 16.5. The highest BCUT2D eigenvalue weighted by molar-refractivity contribution is 5.85. The molecule has 2 aromatic rings. The molecule has 5 nitrogen and oxygen atoms in total. The van der Waals surface area contributed by atoms with Gasteiger partial charge in [-0.1, -0.05) is 30.1 Å². The lowest BCUT2D eigenvalue weighted by Gasteiger charge is -2.17. The number of ether oxygens (including phenoxy) is 1. The molecule has 3 rings (SSSR count). The Bertz CT molecular complexity index is 691. The molecule has 1 fully saturated rings. The van der Waals surface area contributed by atoms with E-state index in [2.05, 4.69) is 10.1 Å². The summed E-state index contributed by atoms with van der Waals surface area (Å²) in [6, 6.07) is 7.89. The Balaban J connectivity index is 0.00000208. The third kappa shape index (κ3) is 4.36. The van der Waals surface area contributed by atoms with Gasteiger partial charge in [0.05, 0.1) is 11.6 Å². The summed E-state index contributed by atoms with van der Waals surface area (Å²) in [7, 11) is 0. The first-order valence-electron chi connectivity index (χ1n) is 8.13. The van der Waals surface area contributed by atoms with Crippen molar-refractivity contribution in [3.05, 3.63) is 41.5 Å². The molecule has 1 heterocycles. The number of halogens is 1. The molecule has 1 aliphatic rings. The second-order valence-corrected chi connectivity index (χ2v) is 6.39. The van der Waals surface area contributed by atoms with Crippen LogP contribution in [0.5, 0.6) is 5.75 Å². The van der Waals surface area contributed by atoms with Gasteiger partial charge >= 0.3 is 0 Å². The van der Waals surface area contributed by atoms with Crippen molar-refractivity contribution < 1.29 is 9.26 Å². The van der Waals surface area contributed by atoms with E-state index < -0.39 is 5.54 Å². The minimum atomic E-state index is -0.416. The molecule has 1 saturated carbocycles. The number of nitrogens with two attached hydrogens (primary N) is 1. The average molecular weight is 350 g/mol. The maximum Gasteiger partial charge on any atom is 0.250 e. The Labute approximate surface area is 148 Å². The number of rotatable bonds is 5. The van der Waals surface area contributed by atoms with Crippen molar-refractivity contribution in [3.63, 3.8) is 0 Å². The largest absolute Gasteiger partial charge is 0.491 e. The molecule has 0 atom stereocenters. The fourth-order valence-electron chi connectivity index (χ4n) is 2.87. The Kier molecular flexibility index (Phi) is 6.02. The Morgan fingerprint density at radius 2 is 2.00 bits per heavy atom. The number of benzene rings is 1. The first-order valence-corrected chi connectivity index (χ1v) is 8.13. The molecule has 0 spiro atoms. The van der Waals surface area contributed by atoms with Crippen LogP contribution >= 0.6 is 12.4 Å². The molecule has 24 heavy (non-hydrogen) atoms. The monoisotopic (exact) mass is 349 g/mol. The van der Waals surface area contributed by atoms with E-state index in [0.717, 1.165) is 37.0 Å². The molecule has 0 aliphatic heterocycles. The predicted molar refractivity (Wildman–Crippen MR) is 97.0 cm³/mol. The summed E-state index contributed by atoms with van der Waals surface area (Å²) in [6.07, 6.45) is 7.98. The molecule has 0 bridgehead atoms. The van der Waals surface area contributed by atoms with Crippen molar-refractivity contribution in [2.45, 2.75) is 51.2 Å². The van der Waals surface area contributed by atoms with E-state index in [9.17, 15) is 0 Å². The molecule has 1 aromatic carbocycles. The van der Waals surface area contributed by atoms with Crippen LogP contribution < -0.4 is 10.5 Å². The highest BCUT2D eigenvalue weighted by atomic mass is 35.5. The summed E-state index contributed by atoms with van der Waals surface area (Å²) < 4.78 is 11.0. The van der Waals surface area contributed by atoms with Gasteiger partial charge in [-0.3, -0.25) is 0 Å². The van der Waals surface area contributed by atoms with Gasteiger partial charge in [-0.25, -0.2) is 0 Å². The molecular formula is C18H24ClN3O2. The van der Waals surface area contributed by atoms with Crippen molar-refractivity contribution in [2.75, 3.05) is 0 Å². The summed E-state index contributed by atoms with van der Waals surface area (Å²) in [5, 5.41) is 4.05. The topological polar surface area (TPSA) is 74.2 Å². The third-order valence-corrected chi connectivity index (χ3v) is 4.03. The van der Waals surface area contributed by atoms with Crippen molar-refractivity contribution in [1.29, 1.82) is 0 Å². The minimum Gasteiger partial charge on any atom is -0.491 e. The van der Waals surface area contributed by atoms with Gasteiger partial charge in [-0.05, 0) is 50.5 Å². The van der Waals surface area contributed by atoms with Crippen LogP contribution in [0, 0.1) is 0 Å². The zero-order valence-electron chi connectivity index (χ0n) is 14.1. The molecule has 1 aromatic heterocycles. The smallest absolute Gasteiger partial charge is 0.250 e. The molecule has 2 N–H and O–H groups in total. The number of hydrogen-bond donors (Lipinski definition) is 1. The quantitative estimate of drug-likeness (QED) is 0.876. The van der Waals surface area contributed by atoms with E-state index >= 15 is 0 Å².